The summed E-state index contributed by atoms with van der Waals surface area (Å²) in [6.07, 6.45) is 2.34. The van der Waals surface area contributed by atoms with Crippen molar-refractivity contribution in [1.82, 2.24) is 10.4 Å². The fraction of sp³-hybridized carbons (Fsp3) is 0.778. The molecule has 0 aromatic carbocycles. The number of alkyl halides is 1. The van der Waals surface area contributed by atoms with Crippen molar-refractivity contribution in [3.8, 4) is 0 Å². The topological polar surface area (TPSA) is 67.3 Å². The maximum Gasteiger partial charge on any atom is 0.0683 e. The van der Waals surface area contributed by atoms with E-state index >= 15 is 0 Å². The summed E-state index contributed by atoms with van der Waals surface area (Å²) in [5.41, 5.74) is 14.4. The Bertz CT molecular complexity index is 199. The summed E-state index contributed by atoms with van der Waals surface area (Å²) in [6.45, 7) is 5.27. The van der Waals surface area contributed by atoms with Crippen LogP contribution in [0.4, 0.5) is 0 Å². The molecule has 0 spiro atoms. The minimum absolute atomic E-state index is 0.0989. The lowest BCUT2D eigenvalue weighted by Crippen LogP contribution is -2.50. The number of hydrogen-bond acceptors (Lipinski definition) is 4. The lowest BCUT2D eigenvalue weighted by Gasteiger charge is -2.27. The second-order valence-corrected chi connectivity index (χ2v) is 4.99. The van der Waals surface area contributed by atoms with E-state index < -0.39 is 0 Å². The molecule has 0 fully saturated rings. The average molecular weight is 300 g/mol. The molecule has 90 valence electrons. The molecule has 4 nitrogen and oxygen atoms in total. The van der Waals surface area contributed by atoms with Gasteiger partial charge in [0.05, 0.1) is 6.17 Å². The standard InChI is InChI=1S/C9H20BrClN4/c1-3-9(11)5-14-15(7(2)13)6-8(10)4-12/h4,7,9,14H,3,5-6,12-13H2,1-2H3/b8-4+. The summed E-state index contributed by atoms with van der Waals surface area (Å²) < 4.78 is 0.884. The van der Waals surface area contributed by atoms with Crippen LogP contribution in [0.25, 0.3) is 0 Å². The fourth-order valence-electron chi connectivity index (χ4n) is 0.920. The van der Waals surface area contributed by atoms with Gasteiger partial charge in [0.15, 0.2) is 0 Å². The fourth-order valence-corrected chi connectivity index (χ4v) is 1.26. The van der Waals surface area contributed by atoms with Crippen molar-refractivity contribution in [3.05, 3.63) is 10.7 Å². The van der Waals surface area contributed by atoms with E-state index in [-0.39, 0.29) is 11.5 Å². The van der Waals surface area contributed by atoms with Crippen molar-refractivity contribution in [1.29, 1.82) is 0 Å². The van der Waals surface area contributed by atoms with Crippen LogP contribution < -0.4 is 16.9 Å². The molecule has 0 bridgehead atoms. The van der Waals surface area contributed by atoms with Crippen molar-refractivity contribution in [3.63, 3.8) is 0 Å². The van der Waals surface area contributed by atoms with Crippen LogP contribution in [-0.2, 0) is 0 Å². The predicted molar refractivity (Wildman–Crippen MR) is 69.5 cm³/mol. The molecule has 0 amide bonds. The van der Waals surface area contributed by atoms with Gasteiger partial charge in [0.25, 0.3) is 0 Å². The first-order chi connectivity index (χ1) is 7.01. The second-order valence-electron chi connectivity index (χ2n) is 3.35. The lowest BCUT2D eigenvalue weighted by atomic mass is 10.3. The third-order valence-electron chi connectivity index (χ3n) is 1.95. The van der Waals surface area contributed by atoms with E-state index in [1.807, 2.05) is 18.9 Å². The maximum atomic E-state index is 6.00. The van der Waals surface area contributed by atoms with Gasteiger partial charge in [-0.1, -0.05) is 22.9 Å². The van der Waals surface area contributed by atoms with Crippen molar-refractivity contribution in [2.45, 2.75) is 31.8 Å². The highest BCUT2D eigenvalue weighted by Crippen LogP contribution is 2.06. The molecule has 6 heteroatoms. The van der Waals surface area contributed by atoms with Crippen LogP contribution in [0.2, 0.25) is 0 Å². The molecule has 15 heavy (non-hydrogen) atoms. The monoisotopic (exact) mass is 298 g/mol. The highest BCUT2D eigenvalue weighted by atomic mass is 79.9. The van der Waals surface area contributed by atoms with Gasteiger partial charge in [0.1, 0.15) is 0 Å². The largest absolute Gasteiger partial charge is 0.404 e. The summed E-state index contributed by atoms with van der Waals surface area (Å²) in [7, 11) is 0. The van der Waals surface area contributed by atoms with Gasteiger partial charge < -0.3 is 11.5 Å². The van der Waals surface area contributed by atoms with Gasteiger partial charge in [-0.2, -0.15) is 0 Å². The zero-order valence-electron chi connectivity index (χ0n) is 9.21. The molecule has 2 unspecified atom stereocenters. The number of hydrogen-bond donors (Lipinski definition) is 3. The summed E-state index contributed by atoms with van der Waals surface area (Å²) in [5.74, 6) is 0. The number of hydrazine groups is 1. The Hall–Kier alpha value is 0.190. The summed E-state index contributed by atoms with van der Waals surface area (Å²) in [6, 6.07) is 0. The Morgan fingerprint density at radius 3 is 2.67 bits per heavy atom. The van der Waals surface area contributed by atoms with E-state index in [4.69, 9.17) is 23.1 Å². The SMILES string of the molecule is CCC(Cl)CNN(C/C(Br)=C\N)C(C)N. The second kappa shape index (κ2) is 8.35. The molecule has 2 atom stereocenters. The molecule has 0 radical (unpaired) electrons. The van der Waals surface area contributed by atoms with Crippen LogP contribution in [0.3, 0.4) is 0 Å². The van der Waals surface area contributed by atoms with Gasteiger partial charge in [-0.3, -0.25) is 5.43 Å². The molecule has 0 aromatic rings. The van der Waals surface area contributed by atoms with Crippen LogP contribution >= 0.6 is 27.5 Å². The highest BCUT2D eigenvalue weighted by Gasteiger charge is 2.11. The maximum absolute atomic E-state index is 6.00. The molecule has 0 heterocycles. The molecular formula is C9H20BrClN4. The van der Waals surface area contributed by atoms with Gasteiger partial charge in [-0.15, -0.1) is 11.6 Å². The van der Waals surface area contributed by atoms with Gasteiger partial charge in [-0.05, 0) is 13.3 Å². The molecule has 0 saturated heterocycles. The van der Waals surface area contributed by atoms with Crippen molar-refractivity contribution in [2.75, 3.05) is 13.1 Å². The molecule has 0 aromatic heterocycles. The number of nitrogens with two attached hydrogens (primary N) is 2. The summed E-state index contributed by atoms with van der Waals surface area (Å²) in [5, 5.41) is 2.00. The first-order valence-corrected chi connectivity index (χ1v) is 6.20. The number of halogens is 2. The minimum atomic E-state index is -0.0989. The number of nitrogens with one attached hydrogen (secondary N) is 1. The highest BCUT2D eigenvalue weighted by molar-refractivity contribution is 9.11. The van der Waals surface area contributed by atoms with E-state index in [1.165, 1.54) is 6.20 Å². The van der Waals surface area contributed by atoms with E-state index in [0.717, 1.165) is 10.9 Å². The summed E-state index contributed by atoms with van der Waals surface area (Å²) in [4.78, 5) is 0. The van der Waals surface area contributed by atoms with Crippen molar-refractivity contribution >= 4 is 27.5 Å². The third-order valence-corrected chi connectivity index (χ3v) is 2.93. The first-order valence-electron chi connectivity index (χ1n) is 4.97. The Morgan fingerprint density at radius 2 is 2.27 bits per heavy atom. The molecule has 0 aliphatic rings. The smallest absolute Gasteiger partial charge is 0.0683 e. The molecule has 0 aliphatic carbocycles. The molecular weight excluding hydrogens is 279 g/mol. The lowest BCUT2D eigenvalue weighted by molar-refractivity contribution is 0.154. The normalized spacial score (nSPS) is 16.8. The zero-order valence-corrected chi connectivity index (χ0v) is 11.6. The van der Waals surface area contributed by atoms with Crippen LogP contribution in [0.5, 0.6) is 0 Å². The van der Waals surface area contributed by atoms with Crippen LogP contribution in [-0.4, -0.2) is 29.6 Å². The Morgan fingerprint density at radius 1 is 1.67 bits per heavy atom. The van der Waals surface area contributed by atoms with Gasteiger partial charge in [0, 0.05) is 29.1 Å². The molecule has 0 saturated carbocycles. The van der Waals surface area contributed by atoms with Gasteiger partial charge in [0.2, 0.25) is 0 Å². The molecule has 5 N–H and O–H groups in total. The Kier molecular flexibility index (Phi) is 8.46. The predicted octanol–water partition coefficient (Wildman–Crippen LogP) is 1.31. The number of rotatable bonds is 7. The van der Waals surface area contributed by atoms with E-state index in [9.17, 15) is 0 Å². The van der Waals surface area contributed by atoms with E-state index in [2.05, 4.69) is 21.4 Å². The summed E-state index contributed by atoms with van der Waals surface area (Å²) >= 11 is 9.34. The van der Waals surface area contributed by atoms with Gasteiger partial charge >= 0.3 is 0 Å². The number of nitrogens with zero attached hydrogens (tertiary/aromatic N) is 1. The molecule has 0 rings (SSSR count). The minimum Gasteiger partial charge on any atom is -0.404 e. The van der Waals surface area contributed by atoms with Crippen LogP contribution in [0.15, 0.2) is 10.7 Å². The van der Waals surface area contributed by atoms with Gasteiger partial charge in [-0.25, -0.2) is 5.01 Å². The third kappa shape index (κ3) is 7.14. The van der Waals surface area contributed by atoms with Crippen LogP contribution in [0, 0.1) is 0 Å². The van der Waals surface area contributed by atoms with Crippen molar-refractivity contribution in [2.24, 2.45) is 11.5 Å². The van der Waals surface area contributed by atoms with Crippen molar-refractivity contribution < 1.29 is 0 Å². The average Bonchev–Trinajstić information content (AvgIpc) is 2.22. The Balaban J connectivity index is 4.05. The Labute approximate surface area is 105 Å². The quantitative estimate of drug-likeness (QED) is 0.377. The van der Waals surface area contributed by atoms with E-state index in [0.29, 0.717) is 13.1 Å². The zero-order chi connectivity index (χ0) is 11.8. The molecule has 0 aliphatic heterocycles. The first kappa shape index (κ1) is 15.2. The van der Waals surface area contributed by atoms with Crippen LogP contribution in [0.1, 0.15) is 20.3 Å². The van der Waals surface area contributed by atoms with E-state index in [1.54, 1.807) is 0 Å².